The van der Waals surface area contributed by atoms with E-state index in [4.69, 9.17) is 30.7 Å². The molecule has 0 aliphatic carbocycles. The zero-order valence-corrected chi connectivity index (χ0v) is 28.0. The Morgan fingerprint density at radius 2 is 1.70 bits per heavy atom. The molecule has 5 N–H and O–H groups in total. The number of rotatable bonds is 23. The number of phosphoric acid groups is 1. The van der Waals surface area contributed by atoms with Crippen LogP contribution >= 0.6 is 20.0 Å². The molecule has 1 aromatic heterocycles. The number of amides is 1. The average molecular weight is 666 g/mol. The van der Waals surface area contributed by atoms with Gasteiger partial charge in [-0.05, 0) is 25.6 Å². The zero-order chi connectivity index (χ0) is 32.6. The second-order valence-corrected chi connectivity index (χ2v) is 13.5. The molecule has 1 fully saturated rings. The fourth-order valence-corrected chi connectivity index (χ4v) is 6.10. The lowest BCUT2D eigenvalue weighted by Crippen LogP contribution is -2.44. The monoisotopic (exact) mass is 665 g/mol. The molecule has 0 radical (unpaired) electrons. The van der Waals surface area contributed by atoms with Crippen molar-refractivity contribution in [2.75, 3.05) is 26.4 Å². The number of unbranched alkanes of at least 4 members (excludes halogenated alkanes) is 11. The molecule has 1 aromatic rings. The van der Waals surface area contributed by atoms with E-state index in [1.54, 1.807) is 0 Å². The quantitative estimate of drug-likeness (QED) is 0.0640. The zero-order valence-electron chi connectivity index (χ0n) is 26.3. The van der Waals surface area contributed by atoms with E-state index in [1.165, 1.54) is 88.5 Å². The van der Waals surface area contributed by atoms with E-state index >= 15 is 0 Å². The molecule has 0 aromatic carbocycles. The predicted octanol–water partition coefficient (Wildman–Crippen LogP) is 4.27. The van der Waals surface area contributed by atoms with Crippen LogP contribution in [0.1, 0.15) is 104 Å². The van der Waals surface area contributed by atoms with E-state index < -0.39 is 50.1 Å². The molecule has 2 rings (SSSR count). The molecule has 0 saturated carbocycles. The minimum Gasteiger partial charge on any atom is -0.387 e. The summed E-state index contributed by atoms with van der Waals surface area (Å²) < 4.78 is 35.3. The molecule has 1 aliphatic rings. The van der Waals surface area contributed by atoms with Crippen molar-refractivity contribution in [3.8, 4) is 0 Å². The van der Waals surface area contributed by atoms with Crippen molar-refractivity contribution in [2.45, 2.75) is 128 Å². The van der Waals surface area contributed by atoms with E-state index in [2.05, 4.69) is 17.2 Å². The number of ether oxygens (including phenoxy) is 2. The summed E-state index contributed by atoms with van der Waals surface area (Å²) in [5.74, 6) is -0.349. The third-order valence-electron chi connectivity index (χ3n) is 7.57. The van der Waals surface area contributed by atoms with Crippen molar-refractivity contribution in [3.05, 3.63) is 27.4 Å². The van der Waals surface area contributed by atoms with Crippen LogP contribution in [-0.2, 0) is 27.9 Å². The van der Waals surface area contributed by atoms with Crippen LogP contribution in [0.4, 0.5) is 0 Å². The van der Waals surface area contributed by atoms with Crippen LogP contribution in [0.15, 0.2) is 17.1 Å². The van der Waals surface area contributed by atoms with Gasteiger partial charge < -0.3 is 29.9 Å². The standard InChI is InChI=1S/C29H52N3O10PS/c1-4-5-6-7-8-9-10-11-12-13-14-15-18-39-19-23(30-22(2)33)20-40-43(37,38)41-21-24-26(35)29(3,36)27(42-24)32-17-16-25(34)31-28(32)44/h16-17,23-24,26-27,35-36H,4-15,18-21H2,1-3H3,(H,30,33)(H,37,38)(H,31,34,44)/t23-,24+,26?,27+,29+/m0/s1. The van der Waals surface area contributed by atoms with Gasteiger partial charge in [0.1, 0.15) is 17.8 Å². The van der Waals surface area contributed by atoms with E-state index in [9.17, 15) is 29.3 Å². The summed E-state index contributed by atoms with van der Waals surface area (Å²) in [6.07, 6.45) is 12.2. The number of aromatic nitrogens is 2. The molecule has 0 spiro atoms. The fourth-order valence-electron chi connectivity index (χ4n) is 5.07. The second-order valence-electron chi connectivity index (χ2n) is 11.6. The lowest BCUT2D eigenvalue weighted by molar-refractivity contribution is -0.120. The van der Waals surface area contributed by atoms with Crippen LogP contribution < -0.4 is 10.9 Å². The van der Waals surface area contributed by atoms with Gasteiger partial charge in [0.2, 0.25) is 5.91 Å². The van der Waals surface area contributed by atoms with Gasteiger partial charge in [-0.1, -0.05) is 77.6 Å². The maximum absolute atomic E-state index is 12.6. The number of hydrogen-bond acceptors (Lipinski definition) is 10. The van der Waals surface area contributed by atoms with Gasteiger partial charge in [-0.25, -0.2) is 4.57 Å². The molecule has 1 saturated heterocycles. The number of carbonyl (C=O) groups excluding carboxylic acids is 1. The highest BCUT2D eigenvalue weighted by Crippen LogP contribution is 2.45. The fraction of sp³-hybridized carbons (Fsp3) is 0.828. The van der Waals surface area contributed by atoms with Crippen molar-refractivity contribution in [3.63, 3.8) is 0 Å². The first kappa shape index (κ1) is 38.7. The first-order valence-corrected chi connectivity index (χ1v) is 17.6. The van der Waals surface area contributed by atoms with Crippen LogP contribution in [0.25, 0.3) is 0 Å². The maximum Gasteiger partial charge on any atom is 0.472 e. The van der Waals surface area contributed by atoms with Crippen molar-refractivity contribution in [2.24, 2.45) is 0 Å². The number of aliphatic hydroxyl groups is 2. The highest BCUT2D eigenvalue weighted by atomic mass is 32.1. The van der Waals surface area contributed by atoms with Crippen molar-refractivity contribution in [1.29, 1.82) is 0 Å². The molecule has 13 nitrogen and oxygen atoms in total. The van der Waals surface area contributed by atoms with Gasteiger partial charge in [0.15, 0.2) is 11.0 Å². The summed E-state index contributed by atoms with van der Waals surface area (Å²) in [5.41, 5.74) is -2.32. The van der Waals surface area contributed by atoms with Crippen molar-refractivity contribution < 1.29 is 43.0 Å². The Labute approximate surface area is 265 Å². The summed E-state index contributed by atoms with van der Waals surface area (Å²) in [7, 11) is -4.65. The van der Waals surface area contributed by atoms with E-state index in [0.29, 0.717) is 6.61 Å². The van der Waals surface area contributed by atoms with Gasteiger partial charge in [-0.3, -0.25) is 28.2 Å². The predicted molar refractivity (Wildman–Crippen MR) is 168 cm³/mol. The smallest absolute Gasteiger partial charge is 0.387 e. The number of carbonyl (C=O) groups is 1. The molecule has 2 heterocycles. The topological polar surface area (TPSA) is 182 Å². The highest BCUT2D eigenvalue weighted by Gasteiger charge is 2.53. The number of phosphoric ester groups is 1. The lowest BCUT2D eigenvalue weighted by Gasteiger charge is -2.28. The van der Waals surface area contributed by atoms with Gasteiger partial charge >= 0.3 is 7.82 Å². The molecule has 6 atom stereocenters. The Morgan fingerprint density at radius 3 is 2.27 bits per heavy atom. The van der Waals surface area contributed by atoms with Crippen LogP contribution in [0.5, 0.6) is 0 Å². The summed E-state index contributed by atoms with van der Waals surface area (Å²) >= 11 is 5.11. The Kier molecular flexibility index (Phi) is 17.5. The maximum atomic E-state index is 12.6. The molecule has 15 heteroatoms. The van der Waals surface area contributed by atoms with Crippen molar-refractivity contribution >= 4 is 25.9 Å². The minimum absolute atomic E-state index is 0.0438. The Hall–Kier alpha value is -1.48. The van der Waals surface area contributed by atoms with Crippen LogP contribution in [0.2, 0.25) is 0 Å². The number of aromatic amines is 1. The number of nitrogens with zero attached hydrogens (tertiary/aromatic N) is 1. The Bertz CT molecular complexity index is 1150. The second kappa shape index (κ2) is 19.9. The molecule has 1 aliphatic heterocycles. The molecular weight excluding hydrogens is 613 g/mol. The van der Waals surface area contributed by atoms with E-state index in [1.807, 2.05) is 0 Å². The largest absolute Gasteiger partial charge is 0.472 e. The third kappa shape index (κ3) is 13.9. The van der Waals surface area contributed by atoms with Gasteiger partial charge in [-0.15, -0.1) is 0 Å². The van der Waals surface area contributed by atoms with E-state index in [0.717, 1.165) is 19.3 Å². The summed E-state index contributed by atoms with van der Waals surface area (Å²) in [6, 6.07) is 0.490. The lowest BCUT2D eigenvalue weighted by atomic mass is 9.96. The Balaban J connectivity index is 1.69. The summed E-state index contributed by atoms with van der Waals surface area (Å²) in [6.45, 7) is 4.49. The molecule has 0 bridgehead atoms. The van der Waals surface area contributed by atoms with Crippen molar-refractivity contribution in [1.82, 2.24) is 14.9 Å². The molecule has 2 unspecified atom stereocenters. The number of aliphatic hydroxyl groups excluding tert-OH is 1. The van der Waals surface area contributed by atoms with Gasteiger partial charge in [0.25, 0.3) is 5.56 Å². The van der Waals surface area contributed by atoms with Gasteiger partial charge in [0, 0.05) is 25.8 Å². The molecule has 254 valence electrons. The third-order valence-corrected chi connectivity index (χ3v) is 8.83. The summed E-state index contributed by atoms with van der Waals surface area (Å²) in [4.78, 5) is 35.7. The SMILES string of the molecule is CCCCCCCCCCCCCCOC[C@@H](COP(=O)(O)OC[C@H]1O[C@@H](n2ccc(=O)[nH]c2=S)[C@](C)(O)C1O)NC(C)=O. The highest BCUT2D eigenvalue weighted by molar-refractivity contribution is 7.71. The van der Waals surface area contributed by atoms with Gasteiger partial charge in [0.05, 0.1) is 25.9 Å². The van der Waals surface area contributed by atoms with Crippen LogP contribution in [0.3, 0.4) is 0 Å². The van der Waals surface area contributed by atoms with E-state index in [-0.39, 0.29) is 23.9 Å². The van der Waals surface area contributed by atoms with Crippen LogP contribution in [0, 0.1) is 4.77 Å². The van der Waals surface area contributed by atoms with Crippen LogP contribution in [-0.4, -0.2) is 80.8 Å². The number of hydrogen-bond donors (Lipinski definition) is 5. The average Bonchev–Trinajstić information content (AvgIpc) is 3.18. The number of H-pyrrole nitrogens is 1. The minimum atomic E-state index is -4.65. The molecule has 1 amide bonds. The molecular formula is C29H52N3O10PS. The molecule has 44 heavy (non-hydrogen) atoms. The first-order valence-electron chi connectivity index (χ1n) is 15.7. The first-order chi connectivity index (χ1) is 20.9. The van der Waals surface area contributed by atoms with Gasteiger partial charge in [-0.2, -0.15) is 0 Å². The summed E-state index contributed by atoms with van der Waals surface area (Å²) in [5, 5.41) is 24.1. The number of nitrogens with one attached hydrogen (secondary N) is 2. The normalized spacial score (nSPS) is 23.8. The Morgan fingerprint density at radius 1 is 1.11 bits per heavy atom.